The van der Waals surface area contributed by atoms with E-state index in [9.17, 15) is 10.2 Å². The summed E-state index contributed by atoms with van der Waals surface area (Å²) in [6.07, 6.45) is 5.24. The highest BCUT2D eigenvalue weighted by Crippen LogP contribution is 2.37. The van der Waals surface area contributed by atoms with Gasteiger partial charge in [-0.15, -0.1) is 0 Å². The third kappa shape index (κ3) is 2.18. The lowest BCUT2D eigenvalue weighted by atomic mass is 9.76. The molecule has 0 saturated heterocycles. The molecule has 1 atom stereocenters. The first-order chi connectivity index (χ1) is 7.12. The summed E-state index contributed by atoms with van der Waals surface area (Å²) in [6.45, 7) is 2.83. The van der Waals surface area contributed by atoms with Crippen molar-refractivity contribution in [2.75, 3.05) is 6.61 Å². The van der Waals surface area contributed by atoms with Gasteiger partial charge in [-0.2, -0.15) is 0 Å². The molecule has 1 aliphatic heterocycles. The molecule has 0 bridgehead atoms. The van der Waals surface area contributed by atoms with Gasteiger partial charge in [0.25, 0.3) is 0 Å². The minimum atomic E-state index is -0.956. The molecule has 2 aliphatic rings. The largest absolute Gasteiger partial charge is 0.495 e. The molecule has 0 amide bonds. The van der Waals surface area contributed by atoms with Gasteiger partial charge in [0.05, 0.1) is 12.2 Å². The third-order valence-electron chi connectivity index (χ3n) is 3.65. The zero-order valence-electron chi connectivity index (χ0n) is 9.28. The number of aliphatic hydroxyl groups excluding tert-OH is 1. The lowest BCUT2D eigenvalue weighted by Crippen LogP contribution is -2.46. The number of aliphatic hydroxyl groups is 2. The highest BCUT2D eigenvalue weighted by atomic mass is 16.5. The molecule has 0 aromatic carbocycles. The summed E-state index contributed by atoms with van der Waals surface area (Å²) in [7, 11) is 0. The van der Waals surface area contributed by atoms with Crippen LogP contribution in [0, 0.1) is 5.92 Å². The van der Waals surface area contributed by atoms with Crippen LogP contribution in [0.3, 0.4) is 0 Å². The van der Waals surface area contributed by atoms with Gasteiger partial charge in [0.1, 0.15) is 11.9 Å². The Bertz CT molecular complexity index is 252. The van der Waals surface area contributed by atoms with Crippen LogP contribution in [-0.2, 0) is 4.74 Å². The molecule has 1 saturated carbocycles. The van der Waals surface area contributed by atoms with E-state index in [0.29, 0.717) is 31.1 Å². The van der Waals surface area contributed by atoms with E-state index in [0.717, 1.165) is 19.3 Å². The van der Waals surface area contributed by atoms with Crippen molar-refractivity contribution in [2.24, 2.45) is 5.92 Å². The Morgan fingerprint density at radius 3 is 2.67 bits per heavy atom. The Morgan fingerprint density at radius 1 is 1.47 bits per heavy atom. The molecule has 15 heavy (non-hydrogen) atoms. The summed E-state index contributed by atoms with van der Waals surface area (Å²) in [5.41, 5.74) is -0.956. The van der Waals surface area contributed by atoms with Crippen LogP contribution in [0.4, 0.5) is 0 Å². The SMILES string of the molecule is CC1CCC(O)(C(O)C2=CCCO2)CC1. The Kier molecular flexibility index (Phi) is 3.03. The molecule has 3 heteroatoms. The van der Waals surface area contributed by atoms with Gasteiger partial charge in [0.15, 0.2) is 0 Å². The first-order valence-electron chi connectivity index (χ1n) is 5.85. The average molecular weight is 212 g/mol. The minimum Gasteiger partial charge on any atom is -0.495 e. The molecule has 0 aromatic rings. The minimum absolute atomic E-state index is 0.576. The maximum atomic E-state index is 10.3. The van der Waals surface area contributed by atoms with Gasteiger partial charge in [-0.1, -0.05) is 6.92 Å². The summed E-state index contributed by atoms with van der Waals surface area (Å²) in [4.78, 5) is 0. The van der Waals surface area contributed by atoms with Gasteiger partial charge in [-0.25, -0.2) is 0 Å². The summed E-state index contributed by atoms with van der Waals surface area (Å²) < 4.78 is 5.31. The molecule has 1 heterocycles. The summed E-state index contributed by atoms with van der Waals surface area (Å²) in [5.74, 6) is 1.24. The highest BCUT2D eigenvalue weighted by molar-refractivity contribution is 5.11. The van der Waals surface area contributed by atoms with Gasteiger partial charge >= 0.3 is 0 Å². The van der Waals surface area contributed by atoms with E-state index in [-0.39, 0.29) is 0 Å². The van der Waals surface area contributed by atoms with Crippen molar-refractivity contribution in [2.45, 2.75) is 50.7 Å². The Labute approximate surface area is 90.8 Å². The van der Waals surface area contributed by atoms with Crippen LogP contribution >= 0.6 is 0 Å². The molecule has 0 aromatic heterocycles. The molecule has 2 rings (SSSR count). The Morgan fingerprint density at radius 2 is 2.13 bits per heavy atom. The highest BCUT2D eigenvalue weighted by Gasteiger charge is 2.41. The average Bonchev–Trinajstić information content (AvgIpc) is 2.75. The second-order valence-electron chi connectivity index (χ2n) is 4.93. The van der Waals surface area contributed by atoms with Crippen LogP contribution in [0.15, 0.2) is 11.8 Å². The van der Waals surface area contributed by atoms with E-state index in [1.165, 1.54) is 0 Å². The van der Waals surface area contributed by atoms with Gasteiger partial charge in [0.2, 0.25) is 0 Å². The van der Waals surface area contributed by atoms with E-state index in [2.05, 4.69) is 6.92 Å². The van der Waals surface area contributed by atoms with Crippen LogP contribution in [0.2, 0.25) is 0 Å². The molecule has 86 valence electrons. The van der Waals surface area contributed by atoms with Gasteiger partial charge < -0.3 is 14.9 Å². The Balaban J connectivity index is 2.01. The third-order valence-corrected chi connectivity index (χ3v) is 3.65. The lowest BCUT2D eigenvalue weighted by molar-refractivity contribution is -0.102. The maximum absolute atomic E-state index is 10.3. The Hall–Kier alpha value is -0.540. The van der Waals surface area contributed by atoms with Crippen LogP contribution in [0.5, 0.6) is 0 Å². The van der Waals surface area contributed by atoms with E-state index < -0.39 is 11.7 Å². The van der Waals surface area contributed by atoms with E-state index in [4.69, 9.17) is 4.74 Å². The van der Waals surface area contributed by atoms with Gasteiger partial charge in [-0.3, -0.25) is 0 Å². The quantitative estimate of drug-likeness (QED) is 0.731. The number of hydrogen-bond acceptors (Lipinski definition) is 3. The standard InChI is InChI=1S/C12H20O3/c1-9-4-6-12(14,7-5-9)11(13)10-3-2-8-15-10/h3,9,11,13-14H,2,4-8H2,1H3. The molecule has 1 fully saturated rings. The van der Waals surface area contributed by atoms with E-state index in [1.807, 2.05) is 6.08 Å². The number of rotatable bonds is 2. The van der Waals surface area contributed by atoms with Crippen molar-refractivity contribution in [1.29, 1.82) is 0 Å². The lowest BCUT2D eigenvalue weighted by Gasteiger charge is -2.38. The van der Waals surface area contributed by atoms with E-state index >= 15 is 0 Å². The molecule has 0 spiro atoms. The molecular weight excluding hydrogens is 192 g/mol. The van der Waals surface area contributed by atoms with Crippen molar-refractivity contribution in [3.8, 4) is 0 Å². The predicted octanol–water partition coefficient (Wildman–Crippen LogP) is 1.59. The molecule has 1 unspecified atom stereocenters. The molecule has 3 nitrogen and oxygen atoms in total. The topological polar surface area (TPSA) is 49.7 Å². The fraction of sp³-hybridized carbons (Fsp3) is 0.833. The zero-order valence-corrected chi connectivity index (χ0v) is 9.28. The van der Waals surface area contributed by atoms with Crippen LogP contribution in [-0.4, -0.2) is 28.5 Å². The second kappa shape index (κ2) is 4.14. The normalized spacial score (nSPS) is 38.3. The van der Waals surface area contributed by atoms with Gasteiger partial charge in [-0.05, 0) is 37.7 Å². The summed E-state index contributed by atoms with van der Waals surface area (Å²) >= 11 is 0. The predicted molar refractivity (Wildman–Crippen MR) is 57.2 cm³/mol. The van der Waals surface area contributed by atoms with Crippen molar-refractivity contribution >= 4 is 0 Å². The molecule has 0 radical (unpaired) electrons. The van der Waals surface area contributed by atoms with E-state index in [1.54, 1.807) is 0 Å². The van der Waals surface area contributed by atoms with Crippen molar-refractivity contribution in [1.82, 2.24) is 0 Å². The first kappa shape index (κ1) is 11.0. The zero-order chi connectivity index (χ0) is 10.9. The molecule has 2 N–H and O–H groups in total. The first-order valence-corrected chi connectivity index (χ1v) is 5.85. The summed E-state index contributed by atoms with van der Waals surface area (Å²) in [6, 6.07) is 0. The number of ether oxygens (including phenoxy) is 1. The van der Waals surface area contributed by atoms with Crippen molar-refractivity contribution in [3.63, 3.8) is 0 Å². The van der Waals surface area contributed by atoms with Crippen molar-refractivity contribution < 1.29 is 14.9 Å². The van der Waals surface area contributed by atoms with Gasteiger partial charge in [0, 0.05) is 6.42 Å². The maximum Gasteiger partial charge on any atom is 0.139 e. The van der Waals surface area contributed by atoms with Crippen LogP contribution < -0.4 is 0 Å². The van der Waals surface area contributed by atoms with Crippen LogP contribution in [0.1, 0.15) is 39.0 Å². The van der Waals surface area contributed by atoms with Crippen LogP contribution in [0.25, 0.3) is 0 Å². The fourth-order valence-electron chi connectivity index (χ4n) is 2.43. The number of hydrogen-bond donors (Lipinski definition) is 2. The smallest absolute Gasteiger partial charge is 0.139 e. The summed E-state index contributed by atoms with van der Waals surface area (Å²) in [5, 5.41) is 20.4. The second-order valence-corrected chi connectivity index (χ2v) is 4.93. The molecule has 1 aliphatic carbocycles. The van der Waals surface area contributed by atoms with Crippen molar-refractivity contribution in [3.05, 3.63) is 11.8 Å². The molecular formula is C12H20O3. The fourth-order valence-corrected chi connectivity index (χ4v) is 2.43. The monoisotopic (exact) mass is 212 g/mol.